The van der Waals surface area contributed by atoms with Crippen LogP contribution in [-0.2, 0) is 10.0 Å². The number of carbonyl (C=O) groups excluding carboxylic acids is 1. The van der Waals surface area contributed by atoms with Crippen LogP contribution in [0.5, 0.6) is 0 Å². The number of furan rings is 1. The molecule has 0 fully saturated rings. The molecule has 0 saturated heterocycles. The molecule has 2 aromatic carbocycles. The SMILES string of the molecule is CCCN1C(c2ccco2)=NS(=O)(=O)c2cc(NC(=O)c3ccccc3C)ccc21. The predicted octanol–water partition coefficient (Wildman–Crippen LogP) is 4.21. The Morgan fingerprint density at radius 1 is 1.13 bits per heavy atom. The maximum Gasteiger partial charge on any atom is 0.286 e. The summed E-state index contributed by atoms with van der Waals surface area (Å²) in [6.45, 7) is 4.41. The number of rotatable bonds is 5. The molecule has 0 unspecified atom stereocenters. The highest BCUT2D eigenvalue weighted by molar-refractivity contribution is 7.90. The van der Waals surface area contributed by atoms with Crippen molar-refractivity contribution in [1.82, 2.24) is 0 Å². The number of amidine groups is 1. The molecule has 1 aliphatic heterocycles. The molecule has 0 atom stereocenters. The van der Waals surface area contributed by atoms with Gasteiger partial charge in [-0.05, 0) is 55.3 Å². The highest BCUT2D eigenvalue weighted by Crippen LogP contribution is 2.35. The van der Waals surface area contributed by atoms with Gasteiger partial charge < -0.3 is 14.6 Å². The Morgan fingerprint density at radius 3 is 2.63 bits per heavy atom. The van der Waals surface area contributed by atoms with Crippen molar-refractivity contribution in [3.05, 3.63) is 77.7 Å². The molecule has 4 rings (SSSR count). The van der Waals surface area contributed by atoms with Crippen LogP contribution in [-0.4, -0.2) is 26.7 Å². The lowest BCUT2D eigenvalue weighted by Gasteiger charge is -2.30. The third-order valence-electron chi connectivity index (χ3n) is 4.83. The number of fused-ring (bicyclic) bond motifs is 1. The number of aryl methyl sites for hydroxylation is 1. The normalized spacial score (nSPS) is 14.7. The van der Waals surface area contributed by atoms with Gasteiger partial charge in [0, 0.05) is 17.8 Å². The Bertz CT molecular complexity index is 1230. The lowest BCUT2D eigenvalue weighted by atomic mass is 10.1. The zero-order valence-corrected chi connectivity index (χ0v) is 17.4. The number of amides is 1. The fraction of sp³-hybridized carbons (Fsp3) is 0.182. The van der Waals surface area contributed by atoms with Crippen molar-refractivity contribution in [1.29, 1.82) is 0 Å². The first kappa shape index (κ1) is 19.9. The summed E-state index contributed by atoms with van der Waals surface area (Å²) in [5, 5.41) is 2.78. The van der Waals surface area contributed by atoms with Crippen LogP contribution in [0.15, 0.2) is 74.6 Å². The summed E-state index contributed by atoms with van der Waals surface area (Å²) in [6.07, 6.45) is 2.26. The maximum absolute atomic E-state index is 12.9. The number of nitrogens with zero attached hydrogens (tertiary/aromatic N) is 2. The number of anilines is 2. The Morgan fingerprint density at radius 2 is 1.93 bits per heavy atom. The number of carbonyl (C=O) groups is 1. The highest BCUT2D eigenvalue weighted by Gasteiger charge is 2.32. The second-order valence-corrected chi connectivity index (χ2v) is 8.54. The van der Waals surface area contributed by atoms with E-state index >= 15 is 0 Å². The number of sulfonamides is 1. The zero-order valence-electron chi connectivity index (χ0n) is 16.6. The largest absolute Gasteiger partial charge is 0.461 e. The molecule has 1 aliphatic rings. The summed E-state index contributed by atoms with van der Waals surface area (Å²) in [5.74, 6) is 0.340. The van der Waals surface area contributed by atoms with Gasteiger partial charge in [-0.2, -0.15) is 8.42 Å². The molecule has 3 aromatic rings. The third kappa shape index (κ3) is 3.61. The number of nitrogens with one attached hydrogen (secondary N) is 1. The first-order valence-corrected chi connectivity index (χ1v) is 11.0. The molecule has 0 saturated carbocycles. The average molecular weight is 423 g/mol. The van der Waals surface area contributed by atoms with Gasteiger partial charge in [-0.1, -0.05) is 25.1 Å². The molecule has 0 bridgehead atoms. The molecule has 2 heterocycles. The number of hydrogen-bond acceptors (Lipinski definition) is 5. The van der Waals surface area contributed by atoms with E-state index in [2.05, 4.69) is 9.71 Å². The van der Waals surface area contributed by atoms with Crippen LogP contribution >= 0.6 is 0 Å². The molecule has 0 spiro atoms. The van der Waals surface area contributed by atoms with Crippen molar-refractivity contribution in [2.24, 2.45) is 4.40 Å². The molecule has 1 N–H and O–H groups in total. The summed E-state index contributed by atoms with van der Waals surface area (Å²) in [4.78, 5) is 14.5. The zero-order chi connectivity index (χ0) is 21.3. The molecular formula is C22H21N3O4S. The Labute approximate surface area is 175 Å². The second-order valence-electron chi connectivity index (χ2n) is 6.97. The lowest BCUT2D eigenvalue weighted by Crippen LogP contribution is -2.37. The first-order valence-electron chi connectivity index (χ1n) is 9.58. The van der Waals surface area contributed by atoms with Crippen molar-refractivity contribution >= 4 is 33.1 Å². The minimum absolute atomic E-state index is 0.0499. The number of benzene rings is 2. The van der Waals surface area contributed by atoms with E-state index in [1.165, 1.54) is 12.3 Å². The molecule has 7 nitrogen and oxygen atoms in total. The molecule has 0 radical (unpaired) electrons. The summed E-state index contributed by atoms with van der Waals surface area (Å²) >= 11 is 0. The van der Waals surface area contributed by atoms with E-state index in [9.17, 15) is 13.2 Å². The summed E-state index contributed by atoms with van der Waals surface area (Å²) in [6, 6.07) is 15.4. The van der Waals surface area contributed by atoms with Crippen molar-refractivity contribution in [2.75, 3.05) is 16.8 Å². The average Bonchev–Trinajstić information content (AvgIpc) is 3.25. The monoisotopic (exact) mass is 423 g/mol. The summed E-state index contributed by atoms with van der Waals surface area (Å²) in [5.41, 5.74) is 2.26. The van der Waals surface area contributed by atoms with E-state index in [4.69, 9.17) is 4.42 Å². The van der Waals surface area contributed by atoms with E-state index in [-0.39, 0.29) is 16.6 Å². The van der Waals surface area contributed by atoms with Crippen LogP contribution in [0, 0.1) is 6.92 Å². The maximum atomic E-state index is 12.9. The summed E-state index contributed by atoms with van der Waals surface area (Å²) < 4.78 is 35.2. The van der Waals surface area contributed by atoms with Crippen molar-refractivity contribution < 1.29 is 17.6 Å². The Balaban J connectivity index is 1.73. The predicted molar refractivity (Wildman–Crippen MR) is 116 cm³/mol. The van der Waals surface area contributed by atoms with Gasteiger partial charge >= 0.3 is 0 Å². The molecule has 1 aromatic heterocycles. The Hall–Kier alpha value is -3.39. The van der Waals surface area contributed by atoms with Crippen LogP contribution in [0.25, 0.3) is 0 Å². The standard InChI is InChI=1S/C22H21N3O4S/c1-3-12-25-18-11-10-16(23-22(26)17-8-5-4-7-15(17)2)14-20(18)30(27,28)24-21(25)19-9-6-13-29-19/h4-11,13-14H,3,12H2,1-2H3,(H,23,26). The minimum Gasteiger partial charge on any atom is -0.461 e. The van der Waals surface area contributed by atoms with E-state index in [1.54, 1.807) is 36.4 Å². The second kappa shape index (κ2) is 7.79. The van der Waals surface area contributed by atoms with Crippen LogP contribution in [0.2, 0.25) is 0 Å². The smallest absolute Gasteiger partial charge is 0.286 e. The van der Waals surface area contributed by atoms with Gasteiger partial charge in [0.1, 0.15) is 4.90 Å². The molecule has 154 valence electrons. The molecule has 8 heteroatoms. The van der Waals surface area contributed by atoms with Crippen molar-refractivity contribution in [3.63, 3.8) is 0 Å². The topological polar surface area (TPSA) is 92.0 Å². The minimum atomic E-state index is -3.96. The summed E-state index contributed by atoms with van der Waals surface area (Å²) in [7, 11) is -3.96. The quantitative estimate of drug-likeness (QED) is 0.664. The highest BCUT2D eigenvalue weighted by atomic mass is 32.2. The fourth-order valence-electron chi connectivity index (χ4n) is 3.41. The van der Waals surface area contributed by atoms with Gasteiger partial charge in [-0.3, -0.25) is 4.79 Å². The molecule has 0 aliphatic carbocycles. The van der Waals surface area contributed by atoms with Crippen LogP contribution in [0.1, 0.15) is 35.0 Å². The van der Waals surface area contributed by atoms with E-state index < -0.39 is 10.0 Å². The van der Waals surface area contributed by atoms with Crippen molar-refractivity contribution in [3.8, 4) is 0 Å². The first-order chi connectivity index (χ1) is 14.4. The van der Waals surface area contributed by atoms with Crippen LogP contribution < -0.4 is 10.2 Å². The Kier molecular flexibility index (Phi) is 5.17. The lowest BCUT2D eigenvalue weighted by molar-refractivity contribution is 0.102. The van der Waals surface area contributed by atoms with Gasteiger partial charge in [-0.25, -0.2) is 0 Å². The van der Waals surface area contributed by atoms with Gasteiger partial charge in [0.2, 0.25) is 0 Å². The van der Waals surface area contributed by atoms with Gasteiger partial charge in [0.05, 0.1) is 12.0 Å². The van der Waals surface area contributed by atoms with E-state index in [1.807, 2.05) is 30.9 Å². The van der Waals surface area contributed by atoms with E-state index in [0.717, 1.165) is 12.0 Å². The molecule has 30 heavy (non-hydrogen) atoms. The molecule has 1 amide bonds. The van der Waals surface area contributed by atoms with Crippen LogP contribution in [0.4, 0.5) is 11.4 Å². The van der Waals surface area contributed by atoms with Gasteiger partial charge in [0.15, 0.2) is 11.6 Å². The van der Waals surface area contributed by atoms with Crippen LogP contribution in [0.3, 0.4) is 0 Å². The van der Waals surface area contributed by atoms with E-state index in [0.29, 0.717) is 29.2 Å². The number of hydrogen-bond donors (Lipinski definition) is 1. The van der Waals surface area contributed by atoms with Gasteiger partial charge in [-0.15, -0.1) is 4.40 Å². The fourth-order valence-corrected chi connectivity index (χ4v) is 4.64. The third-order valence-corrected chi connectivity index (χ3v) is 6.12. The molecular weight excluding hydrogens is 402 g/mol. The van der Waals surface area contributed by atoms with Gasteiger partial charge in [0.25, 0.3) is 15.9 Å². The van der Waals surface area contributed by atoms with Crippen molar-refractivity contribution in [2.45, 2.75) is 25.2 Å².